The van der Waals surface area contributed by atoms with Crippen molar-refractivity contribution >= 4 is 6.71 Å². The molecule has 0 bridgehead atoms. The molecule has 0 aliphatic heterocycles. The number of hydrogen-bond acceptors (Lipinski definition) is 0. The summed E-state index contributed by atoms with van der Waals surface area (Å²) < 4.78 is 0. The van der Waals surface area contributed by atoms with Crippen LogP contribution in [0.1, 0.15) is 59.3 Å². The highest BCUT2D eigenvalue weighted by molar-refractivity contribution is 6.58. The first-order chi connectivity index (χ1) is 6.35. The standard InChI is InChI=1S/C12H27B/c1-4-7-8-9-10-11-12-13(5-2)6-3/h4-12H2,1-3H3. The molecule has 0 fully saturated rings. The van der Waals surface area contributed by atoms with Crippen LogP contribution in [0.3, 0.4) is 0 Å². The van der Waals surface area contributed by atoms with E-state index in [4.69, 9.17) is 0 Å². The second-order valence-electron chi connectivity index (χ2n) is 4.24. The van der Waals surface area contributed by atoms with Gasteiger partial charge in [0.15, 0.2) is 0 Å². The van der Waals surface area contributed by atoms with Crippen LogP contribution in [0.2, 0.25) is 19.0 Å². The Kier molecular flexibility index (Phi) is 10.2. The lowest BCUT2D eigenvalue weighted by molar-refractivity contribution is 0.623. The van der Waals surface area contributed by atoms with Crippen molar-refractivity contribution in [3.05, 3.63) is 0 Å². The molecule has 0 heterocycles. The molecule has 0 spiro atoms. The maximum absolute atomic E-state index is 2.32. The van der Waals surface area contributed by atoms with Gasteiger partial charge < -0.3 is 0 Å². The maximum Gasteiger partial charge on any atom is 0.139 e. The number of rotatable bonds is 9. The van der Waals surface area contributed by atoms with Crippen molar-refractivity contribution in [3.63, 3.8) is 0 Å². The van der Waals surface area contributed by atoms with Gasteiger partial charge in [-0.25, -0.2) is 0 Å². The van der Waals surface area contributed by atoms with E-state index in [9.17, 15) is 0 Å². The fourth-order valence-corrected chi connectivity index (χ4v) is 1.91. The van der Waals surface area contributed by atoms with E-state index in [1.165, 1.54) is 57.5 Å². The van der Waals surface area contributed by atoms with Gasteiger partial charge in [0.05, 0.1) is 0 Å². The second kappa shape index (κ2) is 10.1. The van der Waals surface area contributed by atoms with Crippen LogP contribution >= 0.6 is 0 Å². The van der Waals surface area contributed by atoms with Gasteiger partial charge in [0.2, 0.25) is 0 Å². The van der Waals surface area contributed by atoms with Gasteiger partial charge in [-0.3, -0.25) is 0 Å². The van der Waals surface area contributed by atoms with Crippen molar-refractivity contribution < 1.29 is 0 Å². The molecule has 0 atom stereocenters. The third kappa shape index (κ3) is 8.40. The normalized spacial score (nSPS) is 10.4. The van der Waals surface area contributed by atoms with Crippen LogP contribution in [0, 0.1) is 0 Å². The summed E-state index contributed by atoms with van der Waals surface area (Å²) in [6, 6.07) is 0. The van der Waals surface area contributed by atoms with Crippen molar-refractivity contribution in [1.29, 1.82) is 0 Å². The minimum Gasteiger partial charge on any atom is -0.0770 e. The molecule has 1 heteroatoms. The largest absolute Gasteiger partial charge is 0.139 e. The molecule has 0 aliphatic rings. The van der Waals surface area contributed by atoms with Crippen molar-refractivity contribution in [2.75, 3.05) is 0 Å². The van der Waals surface area contributed by atoms with E-state index >= 15 is 0 Å². The third-order valence-electron chi connectivity index (χ3n) is 3.12. The zero-order chi connectivity index (χ0) is 9.94. The van der Waals surface area contributed by atoms with E-state index in [0.29, 0.717) is 0 Å². The van der Waals surface area contributed by atoms with Gasteiger partial charge in [-0.05, 0) is 0 Å². The quantitative estimate of drug-likeness (QED) is 0.352. The van der Waals surface area contributed by atoms with Crippen LogP contribution in [0.25, 0.3) is 0 Å². The van der Waals surface area contributed by atoms with Crippen molar-refractivity contribution in [1.82, 2.24) is 0 Å². The fourth-order valence-electron chi connectivity index (χ4n) is 1.91. The summed E-state index contributed by atoms with van der Waals surface area (Å²) in [5.74, 6) is 0. The predicted molar refractivity (Wildman–Crippen MR) is 64.9 cm³/mol. The minimum absolute atomic E-state index is 1.01. The Balaban J connectivity index is 3.05. The van der Waals surface area contributed by atoms with E-state index in [2.05, 4.69) is 20.8 Å². The molecule has 0 N–H and O–H groups in total. The van der Waals surface area contributed by atoms with E-state index in [1.807, 2.05) is 0 Å². The Morgan fingerprint density at radius 2 is 1.23 bits per heavy atom. The predicted octanol–water partition coefficient (Wildman–Crippen LogP) is 4.88. The highest BCUT2D eigenvalue weighted by Crippen LogP contribution is 2.12. The van der Waals surface area contributed by atoms with Crippen LogP contribution in [-0.4, -0.2) is 6.71 Å². The zero-order valence-corrected chi connectivity index (χ0v) is 9.94. The Labute approximate surface area is 85.6 Å². The lowest BCUT2D eigenvalue weighted by atomic mass is 9.43. The highest BCUT2D eigenvalue weighted by Gasteiger charge is 2.06. The molecule has 78 valence electrons. The third-order valence-corrected chi connectivity index (χ3v) is 3.12. The van der Waals surface area contributed by atoms with Crippen LogP contribution in [-0.2, 0) is 0 Å². The summed E-state index contributed by atoms with van der Waals surface area (Å²) in [5, 5.41) is 0. The molecule has 0 aliphatic carbocycles. The molecule has 0 unspecified atom stereocenters. The molecular formula is C12H27B. The van der Waals surface area contributed by atoms with E-state index in [1.54, 1.807) is 0 Å². The number of unbranched alkanes of at least 4 members (excludes halogenated alkanes) is 5. The molecule has 0 radical (unpaired) electrons. The van der Waals surface area contributed by atoms with Crippen LogP contribution in [0.15, 0.2) is 0 Å². The molecule has 0 nitrogen and oxygen atoms in total. The van der Waals surface area contributed by atoms with E-state index < -0.39 is 0 Å². The van der Waals surface area contributed by atoms with Crippen molar-refractivity contribution in [2.45, 2.75) is 78.3 Å². The summed E-state index contributed by atoms with van der Waals surface area (Å²) in [4.78, 5) is 0. The SMILES string of the molecule is CCCCCCCCB(CC)CC. The van der Waals surface area contributed by atoms with Gasteiger partial charge in [-0.15, -0.1) is 0 Å². The highest BCUT2D eigenvalue weighted by atomic mass is 13.9. The van der Waals surface area contributed by atoms with Gasteiger partial charge >= 0.3 is 0 Å². The van der Waals surface area contributed by atoms with Gasteiger partial charge in [0.25, 0.3) is 0 Å². The average molecular weight is 182 g/mol. The Hall–Kier alpha value is 0.0649. The summed E-state index contributed by atoms with van der Waals surface area (Å²) in [6.07, 6.45) is 12.9. The topological polar surface area (TPSA) is 0 Å². The molecular weight excluding hydrogens is 155 g/mol. The Morgan fingerprint density at radius 1 is 0.692 bits per heavy atom. The summed E-state index contributed by atoms with van der Waals surface area (Å²) >= 11 is 0. The van der Waals surface area contributed by atoms with E-state index in [0.717, 1.165) is 6.71 Å². The lowest BCUT2D eigenvalue weighted by Crippen LogP contribution is -2.07. The number of hydrogen-bond donors (Lipinski definition) is 0. The smallest absolute Gasteiger partial charge is 0.0770 e. The van der Waals surface area contributed by atoms with Gasteiger partial charge in [0.1, 0.15) is 6.71 Å². The monoisotopic (exact) mass is 182 g/mol. The molecule has 0 aromatic carbocycles. The molecule has 0 saturated carbocycles. The first-order valence-corrected chi connectivity index (χ1v) is 6.35. The van der Waals surface area contributed by atoms with Crippen LogP contribution < -0.4 is 0 Å². The first-order valence-electron chi connectivity index (χ1n) is 6.35. The molecule has 0 amide bonds. The minimum atomic E-state index is 1.01. The van der Waals surface area contributed by atoms with Crippen molar-refractivity contribution in [3.8, 4) is 0 Å². The van der Waals surface area contributed by atoms with Crippen LogP contribution in [0.4, 0.5) is 0 Å². The molecule has 13 heavy (non-hydrogen) atoms. The summed E-state index contributed by atoms with van der Waals surface area (Å²) in [5.41, 5.74) is 0. The summed E-state index contributed by atoms with van der Waals surface area (Å²) in [7, 11) is 0. The average Bonchev–Trinajstić information content (AvgIpc) is 2.17. The zero-order valence-electron chi connectivity index (χ0n) is 9.94. The van der Waals surface area contributed by atoms with Gasteiger partial charge in [-0.1, -0.05) is 78.3 Å². The maximum atomic E-state index is 2.32. The first kappa shape index (κ1) is 13.1. The lowest BCUT2D eigenvalue weighted by Gasteiger charge is -2.07. The Morgan fingerprint density at radius 3 is 1.77 bits per heavy atom. The van der Waals surface area contributed by atoms with E-state index in [-0.39, 0.29) is 0 Å². The fraction of sp³-hybridized carbons (Fsp3) is 1.00. The molecule has 0 rings (SSSR count). The van der Waals surface area contributed by atoms with Gasteiger partial charge in [0, 0.05) is 0 Å². The van der Waals surface area contributed by atoms with Crippen molar-refractivity contribution in [2.24, 2.45) is 0 Å². The second-order valence-corrected chi connectivity index (χ2v) is 4.24. The molecule has 0 saturated heterocycles. The Bertz CT molecular complexity index is 87.1. The van der Waals surface area contributed by atoms with Crippen LogP contribution in [0.5, 0.6) is 0 Å². The molecule has 0 aromatic heterocycles. The summed E-state index contributed by atoms with van der Waals surface area (Å²) in [6.45, 7) is 7.94. The van der Waals surface area contributed by atoms with Gasteiger partial charge in [-0.2, -0.15) is 0 Å². The molecule has 0 aromatic rings.